The molecule has 0 aliphatic carbocycles. The lowest BCUT2D eigenvalue weighted by Crippen LogP contribution is -1.99. The summed E-state index contributed by atoms with van der Waals surface area (Å²) in [6.07, 6.45) is 4.74. The standard InChI is InChI=1S/C15H22O3/c1-2-3-4-5-10-16-14-8-6-13(7-9-14)15-17-11-12-18-15/h6-9,15H,2-5,10-12H2,1H3. The van der Waals surface area contributed by atoms with Crippen LogP contribution in [0.4, 0.5) is 0 Å². The number of unbranched alkanes of at least 4 members (excludes halogenated alkanes) is 3. The lowest BCUT2D eigenvalue weighted by molar-refractivity contribution is -0.0441. The van der Waals surface area contributed by atoms with E-state index in [2.05, 4.69) is 6.92 Å². The second kappa shape index (κ2) is 7.39. The van der Waals surface area contributed by atoms with Crippen LogP contribution < -0.4 is 4.74 Å². The molecular weight excluding hydrogens is 228 g/mol. The van der Waals surface area contributed by atoms with Gasteiger partial charge in [-0.3, -0.25) is 0 Å². The molecule has 3 nitrogen and oxygen atoms in total. The van der Waals surface area contributed by atoms with Crippen molar-refractivity contribution in [2.45, 2.75) is 38.9 Å². The van der Waals surface area contributed by atoms with Crippen molar-refractivity contribution in [2.24, 2.45) is 0 Å². The van der Waals surface area contributed by atoms with E-state index in [-0.39, 0.29) is 6.29 Å². The van der Waals surface area contributed by atoms with Gasteiger partial charge in [0, 0.05) is 5.56 Å². The molecule has 0 N–H and O–H groups in total. The summed E-state index contributed by atoms with van der Waals surface area (Å²) < 4.78 is 16.6. The average molecular weight is 250 g/mol. The third-order valence-corrected chi connectivity index (χ3v) is 3.04. The number of rotatable bonds is 7. The zero-order chi connectivity index (χ0) is 12.6. The van der Waals surface area contributed by atoms with Crippen molar-refractivity contribution >= 4 is 0 Å². The van der Waals surface area contributed by atoms with Crippen LogP contribution in [0.2, 0.25) is 0 Å². The topological polar surface area (TPSA) is 27.7 Å². The first-order valence-electron chi connectivity index (χ1n) is 6.86. The van der Waals surface area contributed by atoms with Gasteiger partial charge in [0.15, 0.2) is 6.29 Å². The number of ether oxygens (including phenoxy) is 3. The van der Waals surface area contributed by atoms with E-state index in [1.54, 1.807) is 0 Å². The summed E-state index contributed by atoms with van der Waals surface area (Å²) in [5.74, 6) is 0.924. The van der Waals surface area contributed by atoms with Gasteiger partial charge in [-0.25, -0.2) is 0 Å². The highest BCUT2D eigenvalue weighted by Crippen LogP contribution is 2.25. The summed E-state index contributed by atoms with van der Waals surface area (Å²) >= 11 is 0. The monoisotopic (exact) mass is 250 g/mol. The van der Waals surface area contributed by atoms with Crippen molar-refractivity contribution in [2.75, 3.05) is 19.8 Å². The van der Waals surface area contributed by atoms with Crippen LogP contribution in [0.3, 0.4) is 0 Å². The molecule has 0 atom stereocenters. The van der Waals surface area contributed by atoms with E-state index >= 15 is 0 Å². The van der Waals surface area contributed by atoms with Crippen molar-refractivity contribution < 1.29 is 14.2 Å². The maximum Gasteiger partial charge on any atom is 0.184 e. The van der Waals surface area contributed by atoms with Gasteiger partial charge in [-0.05, 0) is 18.6 Å². The fraction of sp³-hybridized carbons (Fsp3) is 0.600. The Morgan fingerprint density at radius 2 is 1.78 bits per heavy atom. The predicted molar refractivity (Wildman–Crippen MR) is 70.7 cm³/mol. The van der Waals surface area contributed by atoms with Crippen molar-refractivity contribution in [3.8, 4) is 5.75 Å². The summed E-state index contributed by atoms with van der Waals surface area (Å²) in [6, 6.07) is 8.00. The van der Waals surface area contributed by atoms with E-state index < -0.39 is 0 Å². The Morgan fingerprint density at radius 1 is 1.06 bits per heavy atom. The molecule has 1 aromatic carbocycles. The zero-order valence-electron chi connectivity index (χ0n) is 11.1. The number of hydrogen-bond donors (Lipinski definition) is 0. The number of benzene rings is 1. The summed E-state index contributed by atoms with van der Waals surface area (Å²) in [4.78, 5) is 0. The normalized spacial score (nSPS) is 16.1. The minimum atomic E-state index is -0.191. The highest BCUT2D eigenvalue weighted by Gasteiger charge is 2.17. The lowest BCUT2D eigenvalue weighted by atomic mass is 10.2. The van der Waals surface area contributed by atoms with Crippen LogP contribution in [0.15, 0.2) is 24.3 Å². The molecule has 0 aromatic heterocycles. The summed E-state index contributed by atoms with van der Waals surface area (Å²) in [5, 5.41) is 0. The third-order valence-electron chi connectivity index (χ3n) is 3.04. The molecule has 18 heavy (non-hydrogen) atoms. The van der Waals surface area contributed by atoms with E-state index in [4.69, 9.17) is 14.2 Å². The van der Waals surface area contributed by atoms with E-state index in [9.17, 15) is 0 Å². The quantitative estimate of drug-likeness (QED) is 0.691. The first-order chi connectivity index (χ1) is 8.90. The van der Waals surface area contributed by atoms with Crippen LogP contribution >= 0.6 is 0 Å². The average Bonchev–Trinajstić information content (AvgIpc) is 2.93. The minimum absolute atomic E-state index is 0.191. The zero-order valence-corrected chi connectivity index (χ0v) is 11.1. The fourth-order valence-electron chi connectivity index (χ4n) is 1.99. The van der Waals surface area contributed by atoms with Crippen LogP contribution in [0.25, 0.3) is 0 Å². The van der Waals surface area contributed by atoms with Crippen molar-refractivity contribution in [1.29, 1.82) is 0 Å². The van der Waals surface area contributed by atoms with Crippen LogP contribution in [-0.2, 0) is 9.47 Å². The van der Waals surface area contributed by atoms with Gasteiger partial charge < -0.3 is 14.2 Å². The molecule has 0 amide bonds. The highest BCUT2D eigenvalue weighted by molar-refractivity contribution is 5.28. The van der Waals surface area contributed by atoms with Crippen LogP contribution in [0.1, 0.15) is 44.5 Å². The Kier molecular flexibility index (Phi) is 5.49. The van der Waals surface area contributed by atoms with Crippen molar-refractivity contribution in [3.05, 3.63) is 29.8 Å². The second-order valence-electron chi connectivity index (χ2n) is 4.55. The van der Waals surface area contributed by atoms with Gasteiger partial charge >= 0.3 is 0 Å². The molecular formula is C15H22O3. The van der Waals surface area contributed by atoms with E-state index in [0.717, 1.165) is 24.3 Å². The smallest absolute Gasteiger partial charge is 0.184 e. The Labute approximate surface area is 109 Å². The summed E-state index contributed by atoms with van der Waals surface area (Å²) in [5.41, 5.74) is 1.06. The molecule has 0 saturated carbocycles. The third kappa shape index (κ3) is 4.00. The molecule has 0 spiro atoms. The Hall–Kier alpha value is -1.06. The van der Waals surface area contributed by atoms with E-state index in [0.29, 0.717) is 13.2 Å². The molecule has 0 radical (unpaired) electrons. The number of hydrogen-bond acceptors (Lipinski definition) is 3. The molecule has 1 aromatic rings. The Morgan fingerprint density at radius 3 is 2.44 bits per heavy atom. The Bertz CT molecular complexity index is 328. The molecule has 0 bridgehead atoms. The molecule has 2 rings (SSSR count). The largest absolute Gasteiger partial charge is 0.494 e. The van der Waals surface area contributed by atoms with Gasteiger partial charge in [0.1, 0.15) is 5.75 Å². The van der Waals surface area contributed by atoms with Gasteiger partial charge in [0.25, 0.3) is 0 Å². The van der Waals surface area contributed by atoms with Gasteiger partial charge in [-0.1, -0.05) is 38.3 Å². The minimum Gasteiger partial charge on any atom is -0.494 e. The first kappa shape index (κ1) is 13.4. The van der Waals surface area contributed by atoms with Gasteiger partial charge in [0.05, 0.1) is 19.8 Å². The summed E-state index contributed by atoms with van der Waals surface area (Å²) in [6.45, 7) is 4.38. The van der Waals surface area contributed by atoms with E-state index in [1.807, 2.05) is 24.3 Å². The van der Waals surface area contributed by atoms with Gasteiger partial charge in [0.2, 0.25) is 0 Å². The van der Waals surface area contributed by atoms with Crippen LogP contribution in [-0.4, -0.2) is 19.8 Å². The second-order valence-corrected chi connectivity index (χ2v) is 4.55. The van der Waals surface area contributed by atoms with E-state index in [1.165, 1.54) is 19.3 Å². The lowest BCUT2D eigenvalue weighted by Gasteiger charge is -2.10. The molecule has 1 heterocycles. The highest BCUT2D eigenvalue weighted by atomic mass is 16.7. The molecule has 100 valence electrons. The SMILES string of the molecule is CCCCCCOc1ccc(C2OCCO2)cc1. The van der Waals surface area contributed by atoms with Crippen LogP contribution in [0, 0.1) is 0 Å². The Balaban J connectivity index is 1.73. The molecule has 3 heteroatoms. The predicted octanol–water partition coefficient (Wildman–Crippen LogP) is 3.69. The fourth-order valence-corrected chi connectivity index (χ4v) is 1.99. The summed E-state index contributed by atoms with van der Waals surface area (Å²) in [7, 11) is 0. The molecule has 0 unspecified atom stereocenters. The van der Waals surface area contributed by atoms with Crippen molar-refractivity contribution in [1.82, 2.24) is 0 Å². The molecule has 1 fully saturated rings. The molecule has 1 saturated heterocycles. The first-order valence-corrected chi connectivity index (χ1v) is 6.86. The van der Waals surface area contributed by atoms with Crippen LogP contribution in [0.5, 0.6) is 5.75 Å². The molecule has 1 aliphatic rings. The van der Waals surface area contributed by atoms with Crippen molar-refractivity contribution in [3.63, 3.8) is 0 Å². The maximum atomic E-state index is 5.69. The van der Waals surface area contributed by atoms with Gasteiger partial charge in [-0.2, -0.15) is 0 Å². The maximum absolute atomic E-state index is 5.69. The molecule has 1 aliphatic heterocycles. The van der Waals surface area contributed by atoms with Gasteiger partial charge in [-0.15, -0.1) is 0 Å².